The van der Waals surface area contributed by atoms with Crippen molar-refractivity contribution in [1.82, 2.24) is 0 Å². The Morgan fingerprint density at radius 2 is 1.83 bits per heavy atom. The fraction of sp³-hybridized carbons (Fsp3) is 0.750. The van der Waals surface area contributed by atoms with Crippen molar-refractivity contribution < 1.29 is 33.0 Å². The highest BCUT2D eigenvalue weighted by Crippen LogP contribution is 2.36. The Hall–Kier alpha value is -0.520. The zero-order valence-electron chi connectivity index (χ0n) is 5.72. The Balaban J connectivity index is 4.13. The van der Waals surface area contributed by atoms with E-state index >= 15 is 0 Å². The molecule has 0 aliphatic rings. The maximum Gasteiger partial charge on any atom is 0.341 e. The smallest absolute Gasteiger partial charge is 0.341 e. The van der Waals surface area contributed by atoms with Crippen molar-refractivity contribution >= 4 is 13.6 Å². The Bertz CT molecular complexity index is 213. The van der Waals surface area contributed by atoms with E-state index in [1.807, 2.05) is 0 Å². The van der Waals surface area contributed by atoms with E-state index in [9.17, 15) is 18.1 Å². The third kappa shape index (κ3) is 4.38. The highest BCUT2D eigenvalue weighted by Gasteiger charge is 2.33. The molecule has 0 aromatic rings. The minimum atomic E-state index is -4.69. The van der Waals surface area contributed by atoms with Gasteiger partial charge in [0.05, 0.1) is 6.16 Å². The zero-order chi connectivity index (χ0) is 9.94. The second kappa shape index (κ2) is 3.93. The number of hydrogen-bond donors (Lipinski definition) is 3. The number of carboxylic acid groups (broad SMARTS) is 1. The SMILES string of the molecule is O=C(O)C(F)C(F)CP(=O)(O)O. The van der Waals surface area contributed by atoms with Crippen molar-refractivity contribution in [3.8, 4) is 0 Å². The zero-order valence-corrected chi connectivity index (χ0v) is 6.62. The van der Waals surface area contributed by atoms with Gasteiger partial charge in [-0.1, -0.05) is 0 Å². The lowest BCUT2D eigenvalue weighted by Crippen LogP contribution is -2.29. The van der Waals surface area contributed by atoms with Gasteiger partial charge in [0, 0.05) is 0 Å². The van der Waals surface area contributed by atoms with E-state index < -0.39 is 32.1 Å². The first kappa shape index (κ1) is 11.5. The molecule has 72 valence electrons. The molecule has 3 N–H and O–H groups in total. The molecule has 2 unspecified atom stereocenters. The molecule has 0 aromatic carbocycles. The van der Waals surface area contributed by atoms with Crippen LogP contribution in [0.3, 0.4) is 0 Å². The van der Waals surface area contributed by atoms with E-state index in [1.165, 1.54) is 0 Å². The highest BCUT2D eigenvalue weighted by molar-refractivity contribution is 7.51. The van der Waals surface area contributed by atoms with Gasteiger partial charge in [-0.25, -0.2) is 13.6 Å². The van der Waals surface area contributed by atoms with Crippen LogP contribution in [0, 0.1) is 0 Å². The fourth-order valence-corrected chi connectivity index (χ4v) is 1.11. The van der Waals surface area contributed by atoms with Crippen LogP contribution in [-0.4, -0.2) is 39.4 Å². The number of aliphatic carboxylic acids is 1. The molecule has 12 heavy (non-hydrogen) atoms. The van der Waals surface area contributed by atoms with Crippen LogP contribution in [0.25, 0.3) is 0 Å². The Morgan fingerprint density at radius 3 is 2.08 bits per heavy atom. The maximum atomic E-state index is 12.3. The highest BCUT2D eigenvalue weighted by atomic mass is 31.2. The molecule has 8 heteroatoms. The van der Waals surface area contributed by atoms with Crippen LogP contribution in [0.15, 0.2) is 0 Å². The minimum absolute atomic E-state index is 1.42. The molecule has 0 bridgehead atoms. The summed E-state index contributed by atoms with van der Waals surface area (Å²) >= 11 is 0. The van der Waals surface area contributed by atoms with Gasteiger partial charge in [0.2, 0.25) is 6.17 Å². The molecular weight excluding hydrogens is 197 g/mol. The van der Waals surface area contributed by atoms with Crippen molar-refractivity contribution in [1.29, 1.82) is 0 Å². The van der Waals surface area contributed by atoms with Gasteiger partial charge in [0.1, 0.15) is 0 Å². The predicted octanol–water partition coefficient (Wildman–Crippen LogP) is -0.0751. The number of carbonyl (C=O) groups is 1. The number of carboxylic acids is 1. The average molecular weight is 204 g/mol. The minimum Gasteiger partial charge on any atom is -0.479 e. The first-order valence-corrected chi connectivity index (χ1v) is 4.59. The Kier molecular flexibility index (Phi) is 3.76. The van der Waals surface area contributed by atoms with Crippen LogP contribution in [0.1, 0.15) is 0 Å². The van der Waals surface area contributed by atoms with E-state index in [-0.39, 0.29) is 0 Å². The lowest BCUT2D eigenvalue weighted by atomic mass is 10.3. The Morgan fingerprint density at radius 1 is 1.42 bits per heavy atom. The number of alkyl halides is 2. The van der Waals surface area contributed by atoms with Crippen molar-refractivity contribution in [3.05, 3.63) is 0 Å². The quantitative estimate of drug-likeness (QED) is 0.557. The lowest BCUT2D eigenvalue weighted by Gasteiger charge is -2.09. The van der Waals surface area contributed by atoms with Crippen LogP contribution >= 0.6 is 7.60 Å². The molecule has 0 aliphatic carbocycles. The molecule has 2 atom stereocenters. The molecular formula is C4H7F2O5P. The molecule has 0 fully saturated rings. The van der Waals surface area contributed by atoms with Crippen molar-refractivity contribution in [2.24, 2.45) is 0 Å². The summed E-state index contributed by atoms with van der Waals surface area (Å²) in [6.45, 7) is 0. The molecule has 0 saturated heterocycles. The van der Waals surface area contributed by atoms with Gasteiger partial charge >= 0.3 is 13.6 Å². The van der Waals surface area contributed by atoms with Gasteiger partial charge in [-0.15, -0.1) is 0 Å². The maximum absolute atomic E-state index is 12.3. The summed E-state index contributed by atoms with van der Waals surface area (Å²) in [4.78, 5) is 26.0. The summed E-state index contributed by atoms with van der Waals surface area (Å²) in [7, 11) is -4.69. The van der Waals surface area contributed by atoms with Crippen LogP contribution < -0.4 is 0 Å². The molecule has 0 rings (SSSR count). The summed E-state index contributed by atoms with van der Waals surface area (Å²) in [6, 6.07) is 0. The first-order valence-electron chi connectivity index (χ1n) is 2.79. The van der Waals surface area contributed by atoms with Crippen LogP contribution in [0.5, 0.6) is 0 Å². The largest absolute Gasteiger partial charge is 0.479 e. The summed E-state index contributed by atoms with van der Waals surface area (Å²) in [5, 5.41) is 7.88. The summed E-state index contributed by atoms with van der Waals surface area (Å²) < 4.78 is 34.5. The molecule has 5 nitrogen and oxygen atoms in total. The normalized spacial score (nSPS) is 17.0. The molecule has 0 amide bonds. The van der Waals surface area contributed by atoms with Crippen LogP contribution in [0.4, 0.5) is 8.78 Å². The van der Waals surface area contributed by atoms with E-state index in [0.717, 1.165) is 0 Å². The van der Waals surface area contributed by atoms with E-state index in [1.54, 1.807) is 0 Å². The third-order valence-electron chi connectivity index (χ3n) is 0.966. The van der Waals surface area contributed by atoms with Gasteiger partial charge in [0.15, 0.2) is 6.17 Å². The topological polar surface area (TPSA) is 94.8 Å². The van der Waals surface area contributed by atoms with Crippen molar-refractivity contribution in [2.45, 2.75) is 12.3 Å². The van der Waals surface area contributed by atoms with Crippen LogP contribution in [0.2, 0.25) is 0 Å². The number of halogens is 2. The van der Waals surface area contributed by atoms with Crippen LogP contribution in [-0.2, 0) is 9.36 Å². The van der Waals surface area contributed by atoms with E-state index in [0.29, 0.717) is 0 Å². The molecule has 0 aromatic heterocycles. The number of hydrogen-bond acceptors (Lipinski definition) is 2. The van der Waals surface area contributed by atoms with E-state index in [2.05, 4.69) is 0 Å². The Labute approximate surface area is 66.2 Å². The van der Waals surface area contributed by atoms with Crippen molar-refractivity contribution in [3.63, 3.8) is 0 Å². The number of rotatable bonds is 4. The standard InChI is InChI=1S/C4H7F2O5P/c5-2(1-12(9,10)11)3(6)4(7)8/h2-3H,1H2,(H,7,8)(H2,9,10,11). The summed E-state index contributed by atoms with van der Waals surface area (Å²) in [5.74, 6) is -2.07. The van der Waals surface area contributed by atoms with Gasteiger partial charge in [-0.2, -0.15) is 0 Å². The summed E-state index contributed by atoms with van der Waals surface area (Å²) in [5.41, 5.74) is 0. The third-order valence-corrected chi connectivity index (χ3v) is 1.79. The van der Waals surface area contributed by atoms with Gasteiger partial charge < -0.3 is 14.9 Å². The lowest BCUT2D eigenvalue weighted by molar-refractivity contribution is -0.144. The molecule has 0 heterocycles. The van der Waals surface area contributed by atoms with Crippen molar-refractivity contribution in [2.75, 3.05) is 6.16 Å². The first-order chi connectivity index (χ1) is 5.24. The molecule has 0 aliphatic heterocycles. The van der Waals surface area contributed by atoms with Gasteiger partial charge in [-0.05, 0) is 0 Å². The second-order valence-corrected chi connectivity index (χ2v) is 3.80. The van der Waals surface area contributed by atoms with E-state index in [4.69, 9.17) is 14.9 Å². The monoisotopic (exact) mass is 204 g/mol. The molecule has 0 spiro atoms. The molecule has 0 radical (unpaired) electrons. The fourth-order valence-electron chi connectivity index (χ4n) is 0.474. The summed E-state index contributed by atoms with van der Waals surface area (Å²) in [6.07, 6.45) is -6.98. The predicted molar refractivity (Wildman–Crippen MR) is 34.3 cm³/mol. The van der Waals surface area contributed by atoms with Gasteiger partial charge in [0.25, 0.3) is 0 Å². The molecule has 0 saturated carbocycles. The second-order valence-electron chi connectivity index (χ2n) is 2.10. The van der Waals surface area contributed by atoms with Gasteiger partial charge in [-0.3, -0.25) is 4.57 Å². The average Bonchev–Trinajstić information content (AvgIpc) is 1.82.